The number of aromatic amines is 1. The molecule has 2 aromatic rings. The number of fused-ring (bicyclic) bond motifs is 1. The van der Waals surface area contributed by atoms with Gasteiger partial charge in [-0.2, -0.15) is 0 Å². The maximum Gasteiger partial charge on any atom is 0.329 e. The lowest BCUT2D eigenvalue weighted by molar-refractivity contribution is -0.0441. The molecule has 0 amide bonds. The number of imidazole rings is 1. The number of ether oxygens (including phenoxy) is 1. The second-order valence-electron chi connectivity index (χ2n) is 4.17. The van der Waals surface area contributed by atoms with Crippen LogP contribution >= 0.6 is 0 Å². The molecule has 0 spiro atoms. The molecule has 2 aromatic heterocycles. The van der Waals surface area contributed by atoms with Crippen molar-refractivity contribution in [2.45, 2.75) is 24.9 Å². The van der Waals surface area contributed by atoms with Crippen molar-refractivity contribution in [3.05, 3.63) is 23.0 Å². The number of aliphatic hydroxyl groups is 2. The van der Waals surface area contributed by atoms with Gasteiger partial charge in [0.1, 0.15) is 24.2 Å². The topological polar surface area (TPSA) is 113 Å². The van der Waals surface area contributed by atoms with E-state index in [1.807, 2.05) is 0 Å². The van der Waals surface area contributed by atoms with E-state index in [1.54, 1.807) is 0 Å². The van der Waals surface area contributed by atoms with E-state index in [0.717, 1.165) is 0 Å². The van der Waals surface area contributed by atoms with E-state index >= 15 is 0 Å². The first kappa shape index (κ1) is 11.3. The molecule has 1 aliphatic heterocycles. The fourth-order valence-electron chi connectivity index (χ4n) is 2.18. The van der Waals surface area contributed by atoms with Gasteiger partial charge in [-0.15, -0.1) is 0 Å². The third-order valence-corrected chi connectivity index (χ3v) is 3.05. The van der Waals surface area contributed by atoms with Gasteiger partial charge in [0.15, 0.2) is 5.65 Å². The first-order valence-electron chi connectivity index (χ1n) is 5.55. The minimum absolute atomic E-state index is 0.238. The number of hydrogen-bond donors (Lipinski definition) is 3. The van der Waals surface area contributed by atoms with Gasteiger partial charge in [0.2, 0.25) is 0 Å². The highest BCUT2D eigenvalue weighted by atomic mass is 16.5. The lowest BCUT2D eigenvalue weighted by Gasteiger charge is -2.12. The molecular weight excluding hydrogens is 240 g/mol. The molecule has 3 heterocycles. The van der Waals surface area contributed by atoms with Crippen LogP contribution in [0.3, 0.4) is 0 Å². The number of aliphatic hydroxyl groups excluding tert-OH is 2. The summed E-state index contributed by atoms with van der Waals surface area (Å²) in [5.41, 5.74) is 0.556. The molecule has 1 aliphatic rings. The Balaban J connectivity index is 2.05. The molecule has 3 rings (SSSR count). The Morgan fingerprint density at radius 3 is 3.17 bits per heavy atom. The number of hydrogen-bond acceptors (Lipinski definition) is 6. The van der Waals surface area contributed by atoms with Crippen LogP contribution in [-0.4, -0.2) is 48.5 Å². The van der Waals surface area contributed by atoms with Crippen LogP contribution in [0, 0.1) is 0 Å². The molecule has 18 heavy (non-hydrogen) atoms. The molecule has 2 unspecified atom stereocenters. The van der Waals surface area contributed by atoms with E-state index in [9.17, 15) is 9.90 Å². The Hall–Kier alpha value is -1.77. The average Bonchev–Trinajstić information content (AvgIpc) is 2.88. The van der Waals surface area contributed by atoms with Gasteiger partial charge in [-0.3, -0.25) is 0 Å². The molecule has 8 nitrogen and oxygen atoms in total. The van der Waals surface area contributed by atoms with Crippen molar-refractivity contribution < 1.29 is 14.9 Å². The zero-order chi connectivity index (χ0) is 12.7. The molecule has 0 radical (unpaired) electrons. The Labute approximate surface area is 101 Å². The maximum atomic E-state index is 11.8. The van der Waals surface area contributed by atoms with Gasteiger partial charge >= 0.3 is 5.69 Å². The van der Waals surface area contributed by atoms with Crippen molar-refractivity contribution in [2.75, 3.05) is 6.61 Å². The van der Waals surface area contributed by atoms with Crippen molar-refractivity contribution in [3.63, 3.8) is 0 Å². The van der Waals surface area contributed by atoms with Crippen LogP contribution in [0.1, 0.15) is 12.6 Å². The van der Waals surface area contributed by atoms with Crippen LogP contribution in [0.4, 0.5) is 0 Å². The normalized spacial score (nSPS) is 28.0. The number of rotatable bonds is 2. The zero-order valence-electron chi connectivity index (χ0n) is 9.35. The van der Waals surface area contributed by atoms with Gasteiger partial charge in [-0.05, 0) is 0 Å². The molecule has 0 aromatic carbocycles. The van der Waals surface area contributed by atoms with Gasteiger partial charge in [0.05, 0.1) is 18.9 Å². The molecule has 96 valence electrons. The van der Waals surface area contributed by atoms with E-state index in [4.69, 9.17) is 9.84 Å². The van der Waals surface area contributed by atoms with Crippen LogP contribution in [-0.2, 0) is 4.74 Å². The third kappa shape index (κ3) is 1.62. The maximum absolute atomic E-state index is 11.8. The van der Waals surface area contributed by atoms with E-state index in [-0.39, 0.29) is 18.7 Å². The zero-order valence-corrected chi connectivity index (χ0v) is 9.35. The first-order chi connectivity index (χ1) is 8.70. The average molecular weight is 252 g/mol. The Bertz CT molecular complexity index is 622. The highest BCUT2D eigenvalue weighted by Gasteiger charge is 2.36. The molecule has 1 saturated heterocycles. The predicted molar refractivity (Wildman–Crippen MR) is 59.8 cm³/mol. The molecule has 0 saturated carbocycles. The minimum Gasteiger partial charge on any atom is -0.394 e. The van der Waals surface area contributed by atoms with E-state index in [1.165, 1.54) is 17.1 Å². The molecular formula is C10H12N4O4. The molecule has 8 heteroatoms. The van der Waals surface area contributed by atoms with Crippen LogP contribution < -0.4 is 5.69 Å². The number of aromatic nitrogens is 4. The fraction of sp³-hybridized carbons (Fsp3) is 0.500. The van der Waals surface area contributed by atoms with Gasteiger partial charge in [0, 0.05) is 6.42 Å². The fourth-order valence-corrected chi connectivity index (χ4v) is 2.18. The Morgan fingerprint density at radius 2 is 2.44 bits per heavy atom. The molecule has 0 aliphatic carbocycles. The summed E-state index contributed by atoms with van der Waals surface area (Å²) in [7, 11) is 0. The Morgan fingerprint density at radius 1 is 1.61 bits per heavy atom. The number of H-pyrrole nitrogens is 1. The second kappa shape index (κ2) is 4.16. The van der Waals surface area contributed by atoms with Gasteiger partial charge in [-0.1, -0.05) is 0 Å². The number of nitrogens with one attached hydrogen (secondary N) is 1. The van der Waals surface area contributed by atoms with Crippen molar-refractivity contribution in [1.82, 2.24) is 19.5 Å². The molecule has 0 bridgehead atoms. The summed E-state index contributed by atoms with van der Waals surface area (Å²) in [6, 6.07) is 0. The van der Waals surface area contributed by atoms with Gasteiger partial charge < -0.3 is 19.9 Å². The molecule has 3 atom stereocenters. The highest BCUT2D eigenvalue weighted by molar-refractivity contribution is 5.68. The summed E-state index contributed by atoms with van der Waals surface area (Å²) in [4.78, 5) is 22.3. The second-order valence-corrected chi connectivity index (χ2v) is 4.17. The van der Waals surface area contributed by atoms with Crippen molar-refractivity contribution >= 4 is 11.2 Å². The van der Waals surface area contributed by atoms with E-state index < -0.39 is 18.4 Å². The van der Waals surface area contributed by atoms with Crippen LogP contribution in [0.2, 0.25) is 0 Å². The Kier molecular flexibility index (Phi) is 2.62. The van der Waals surface area contributed by atoms with Gasteiger partial charge in [-0.25, -0.2) is 19.3 Å². The minimum atomic E-state index is -0.793. The smallest absolute Gasteiger partial charge is 0.329 e. The predicted octanol–water partition coefficient (Wildman–Crippen LogP) is -1.24. The van der Waals surface area contributed by atoms with Gasteiger partial charge in [0.25, 0.3) is 0 Å². The summed E-state index contributed by atoms with van der Waals surface area (Å²) in [5, 5.41) is 18.7. The third-order valence-electron chi connectivity index (χ3n) is 3.05. The van der Waals surface area contributed by atoms with Crippen molar-refractivity contribution in [1.29, 1.82) is 0 Å². The van der Waals surface area contributed by atoms with Crippen LogP contribution in [0.15, 0.2) is 17.3 Å². The van der Waals surface area contributed by atoms with E-state index in [2.05, 4.69) is 15.0 Å². The standard InChI is InChI=1S/C10H12N4O4/c15-3-7-6(16)1-8(18-7)14-9-5(13-10(14)17)2-11-4-12-9/h2,4,6-8,15-16H,1,3H2,(H,13,17)/t6?,7?,8-/m1/s1. The van der Waals surface area contributed by atoms with Crippen LogP contribution in [0.5, 0.6) is 0 Å². The summed E-state index contributed by atoms with van der Waals surface area (Å²) in [5.74, 6) is 0. The lowest BCUT2D eigenvalue weighted by atomic mass is 10.2. The highest BCUT2D eigenvalue weighted by Crippen LogP contribution is 2.28. The quantitative estimate of drug-likeness (QED) is 0.616. The van der Waals surface area contributed by atoms with E-state index in [0.29, 0.717) is 11.2 Å². The number of nitrogens with zero attached hydrogens (tertiary/aromatic N) is 3. The first-order valence-corrected chi connectivity index (χ1v) is 5.55. The SMILES string of the molecule is O=c1[nH]c2cncnc2n1[C@H]1CC(O)C(CO)O1. The van der Waals surface area contributed by atoms with Crippen molar-refractivity contribution in [2.24, 2.45) is 0 Å². The summed E-state index contributed by atoms with van der Waals surface area (Å²) in [6.45, 7) is -0.288. The largest absolute Gasteiger partial charge is 0.394 e. The molecule has 3 N–H and O–H groups in total. The summed E-state index contributed by atoms with van der Waals surface area (Å²) < 4.78 is 6.77. The molecule has 1 fully saturated rings. The van der Waals surface area contributed by atoms with Crippen molar-refractivity contribution in [3.8, 4) is 0 Å². The van der Waals surface area contributed by atoms with Crippen LogP contribution in [0.25, 0.3) is 11.2 Å². The monoisotopic (exact) mass is 252 g/mol. The lowest BCUT2D eigenvalue weighted by Crippen LogP contribution is -2.25. The summed E-state index contributed by atoms with van der Waals surface area (Å²) >= 11 is 0. The summed E-state index contributed by atoms with van der Waals surface area (Å²) in [6.07, 6.45) is 0.971.